The maximum absolute atomic E-state index is 12.0. The van der Waals surface area contributed by atoms with Gasteiger partial charge in [-0.25, -0.2) is 4.98 Å². The molecule has 0 radical (unpaired) electrons. The summed E-state index contributed by atoms with van der Waals surface area (Å²) >= 11 is 0. The lowest BCUT2D eigenvalue weighted by Gasteiger charge is -2.14. The molecule has 2 aromatic carbocycles. The number of amides is 2. The SMILES string of the molecule is CCn1ccc2c(Nc3nc(Nc4cc(NC(C)=O)ccc4O)ncc3C(N)=O)cccc21. The minimum atomic E-state index is -0.683. The average Bonchev–Trinajstić information content (AvgIpc) is 3.20. The Bertz CT molecular complexity index is 1360. The highest BCUT2D eigenvalue weighted by Gasteiger charge is 2.15. The van der Waals surface area contributed by atoms with Crippen molar-refractivity contribution in [1.29, 1.82) is 0 Å². The van der Waals surface area contributed by atoms with Crippen LogP contribution in [0.1, 0.15) is 24.2 Å². The van der Waals surface area contributed by atoms with Gasteiger partial charge in [-0.05, 0) is 43.3 Å². The molecule has 2 aromatic heterocycles. The quantitative estimate of drug-likeness (QED) is 0.215. The van der Waals surface area contributed by atoms with E-state index in [-0.39, 0.29) is 34.7 Å². The van der Waals surface area contributed by atoms with Crippen LogP contribution in [0.25, 0.3) is 10.9 Å². The van der Waals surface area contributed by atoms with Crippen molar-refractivity contribution in [3.05, 3.63) is 60.4 Å². The Balaban J connectivity index is 1.70. The maximum Gasteiger partial charge on any atom is 0.254 e. The molecule has 0 saturated heterocycles. The number of carbonyl (C=O) groups excluding carboxylic acids is 2. The van der Waals surface area contributed by atoms with E-state index in [2.05, 4.69) is 37.4 Å². The van der Waals surface area contributed by atoms with E-state index in [0.717, 1.165) is 23.1 Å². The lowest BCUT2D eigenvalue weighted by molar-refractivity contribution is -0.114. The van der Waals surface area contributed by atoms with Crippen molar-refractivity contribution in [1.82, 2.24) is 14.5 Å². The second-order valence-corrected chi connectivity index (χ2v) is 7.32. The van der Waals surface area contributed by atoms with Gasteiger partial charge in [-0.1, -0.05) is 6.07 Å². The first-order valence-electron chi connectivity index (χ1n) is 10.2. The van der Waals surface area contributed by atoms with Crippen molar-refractivity contribution in [2.75, 3.05) is 16.0 Å². The van der Waals surface area contributed by atoms with E-state index in [0.29, 0.717) is 5.69 Å². The van der Waals surface area contributed by atoms with Gasteiger partial charge in [0.2, 0.25) is 11.9 Å². The fraction of sp³-hybridized carbons (Fsp3) is 0.130. The van der Waals surface area contributed by atoms with Crippen LogP contribution in [0.2, 0.25) is 0 Å². The van der Waals surface area contributed by atoms with Crippen molar-refractivity contribution < 1.29 is 14.7 Å². The molecular weight excluding hydrogens is 422 g/mol. The third kappa shape index (κ3) is 4.54. The van der Waals surface area contributed by atoms with Gasteiger partial charge in [0.05, 0.1) is 11.2 Å². The lowest BCUT2D eigenvalue weighted by atomic mass is 10.2. The van der Waals surface area contributed by atoms with Gasteiger partial charge >= 0.3 is 0 Å². The van der Waals surface area contributed by atoms with Crippen LogP contribution in [0.15, 0.2) is 54.9 Å². The van der Waals surface area contributed by atoms with Crippen LogP contribution < -0.4 is 21.7 Å². The van der Waals surface area contributed by atoms with Crippen molar-refractivity contribution in [2.24, 2.45) is 5.73 Å². The number of nitrogens with two attached hydrogens (primary N) is 1. The molecule has 2 amide bonds. The van der Waals surface area contributed by atoms with Crippen LogP contribution in [-0.2, 0) is 11.3 Å². The number of aromatic hydroxyl groups is 1. The summed E-state index contributed by atoms with van der Waals surface area (Å²) in [5.41, 5.74) is 8.21. The van der Waals surface area contributed by atoms with Gasteiger partial charge < -0.3 is 31.4 Å². The molecular formula is C23H23N7O3. The molecule has 168 valence electrons. The first-order chi connectivity index (χ1) is 15.9. The predicted molar refractivity (Wildman–Crippen MR) is 127 cm³/mol. The first kappa shape index (κ1) is 21.6. The summed E-state index contributed by atoms with van der Waals surface area (Å²) in [5, 5.41) is 19.9. The number of nitrogens with zero attached hydrogens (tertiary/aromatic N) is 3. The molecule has 4 rings (SSSR count). The van der Waals surface area contributed by atoms with E-state index in [1.807, 2.05) is 30.5 Å². The monoisotopic (exact) mass is 445 g/mol. The number of aryl methyl sites for hydroxylation is 1. The van der Waals surface area contributed by atoms with Crippen molar-refractivity contribution in [3.63, 3.8) is 0 Å². The van der Waals surface area contributed by atoms with E-state index in [1.165, 1.54) is 19.2 Å². The normalized spacial score (nSPS) is 10.7. The number of phenols is 1. The molecule has 0 aliphatic heterocycles. The molecule has 0 aliphatic rings. The predicted octanol–water partition coefficient (Wildman–Crippen LogP) is 3.70. The molecule has 10 nitrogen and oxygen atoms in total. The van der Waals surface area contributed by atoms with Crippen LogP contribution >= 0.6 is 0 Å². The molecule has 0 aliphatic carbocycles. The fourth-order valence-corrected chi connectivity index (χ4v) is 3.49. The Kier molecular flexibility index (Phi) is 5.81. The zero-order valence-electron chi connectivity index (χ0n) is 18.1. The molecule has 0 saturated carbocycles. The fourth-order valence-electron chi connectivity index (χ4n) is 3.49. The zero-order valence-corrected chi connectivity index (χ0v) is 18.1. The highest BCUT2D eigenvalue weighted by Crippen LogP contribution is 2.31. The zero-order chi connectivity index (χ0) is 23.5. The maximum atomic E-state index is 12.0. The standard InChI is InChI=1S/C23H23N7O3/c1-3-30-10-9-15-17(5-4-6-19(15)30)27-22-16(21(24)33)12-25-23(29-22)28-18-11-14(26-13(2)31)7-8-20(18)32/h4-12,32H,3H2,1-2H3,(H2,24,33)(H,26,31)(H2,25,27,28,29). The third-order valence-corrected chi connectivity index (χ3v) is 5.03. The van der Waals surface area contributed by atoms with E-state index in [9.17, 15) is 14.7 Å². The van der Waals surface area contributed by atoms with Gasteiger partial charge in [-0.2, -0.15) is 4.98 Å². The Morgan fingerprint density at radius 2 is 1.94 bits per heavy atom. The first-order valence-corrected chi connectivity index (χ1v) is 10.2. The van der Waals surface area contributed by atoms with Crippen molar-refractivity contribution >= 4 is 51.5 Å². The summed E-state index contributed by atoms with van der Waals surface area (Å²) in [6, 6.07) is 12.3. The number of anilines is 5. The van der Waals surface area contributed by atoms with Gasteiger partial charge in [-0.3, -0.25) is 9.59 Å². The number of hydrogen-bond acceptors (Lipinski definition) is 7. The Hall–Kier alpha value is -4.60. The van der Waals surface area contributed by atoms with E-state index < -0.39 is 5.91 Å². The van der Waals surface area contributed by atoms with E-state index in [4.69, 9.17) is 5.73 Å². The van der Waals surface area contributed by atoms with Crippen molar-refractivity contribution in [3.8, 4) is 5.75 Å². The number of rotatable bonds is 7. The van der Waals surface area contributed by atoms with E-state index in [1.54, 1.807) is 12.1 Å². The number of primary amides is 1. The van der Waals surface area contributed by atoms with Crippen LogP contribution in [0.4, 0.5) is 28.8 Å². The average molecular weight is 445 g/mol. The van der Waals surface area contributed by atoms with Gasteiger partial charge in [0.25, 0.3) is 5.91 Å². The molecule has 2 heterocycles. The summed E-state index contributed by atoms with van der Waals surface area (Å²) in [6.45, 7) is 4.27. The van der Waals surface area contributed by atoms with Crippen LogP contribution in [-0.4, -0.2) is 31.5 Å². The van der Waals surface area contributed by atoms with Gasteiger partial charge in [0, 0.05) is 42.6 Å². The Labute approximate surface area is 189 Å². The number of aromatic nitrogens is 3. The highest BCUT2D eigenvalue weighted by atomic mass is 16.3. The largest absolute Gasteiger partial charge is 0.506 e. The number of carbonyl (C=O) groups is 2. The molecule has 10 heteroatoms. The Morgan fingerprint density at radius 3 is 2.67 bits per heavy atom. The molecule has 4 aromatic rings. The summed E-state index contributed by atoms with van der Waals surface area (Å²) in [4.78, 5) is 31.9. The molecule has 33 heavy (non-hydrogen) atoms. The summed E-state index contributed by atoms with van der Waals surface area (Å²) in [6.07, 6.45) is 3.30. The number of nitrogens with one attached hydrogen (secondary N) is 3. The second kappa shape index (κ2) is 8.87. The number of fused-ring (bicyclic) bond motifs is 1. The lowest BCUT2D eigenvalue weighted by Crippen LogP contribution is -2.16. The molecule has 0 unspecified atom stereocenters. The third-order valence-electron chi connectivity index (χ3n) is 5.03. The number of hydrogen-bond donors (Lipinski definition) is 5. The van der Waals surface area contributed by atoms with Gasteiger partial charge in [0.15, 0.2) is 0 Å². The van der Waals surface area contributed by atoms with Gasteiger partial charge in [0.1, 0.15) is 17.1 Å². The molecule has 0 spiro atoms. The van der Waals surface area contributed by atoms with Crippen LogP contribution in [0.5, 0.6) is 5.75 Å². The van der Waals surface area contributed by atoms with Gasteiger partial charge in [-0.15, -0.1) is 0 Å². The van der Waals surface area contributed by atoms with Crippen LogP contribution in [0, 0.1) is 0 Å². The topological polar surface area (TPSA) is 147 Å². The highest BCUT2D eigenvalue weighted by molar-refractivity contribution is 6.00. The smallest absolute Gasteiger partial charge is 0.254 e. The summed E-state index contributed by atoms with van der Waals surface area (Å²) in [7, 11) is 0. The number of phenolic OH excluding ortho intramolecular Hbond substituents is 1. The van der Waals surface area contributed by atoms with Crippen LogP contribution in [0.3, 0.4) is 0 Å². The Morgan fingerprint density at radius 1 is 1.12 bits per heavy atom. The minimum absolute atomic E-state index is 0.0631. The molecule has 0 atom stereocenters. The summed E-state index contributed by atoms with van der Waals surface area (Å²) < 4.78 is 2.10. The molecule has 6 N–H and O–H groups in total. The number of benzene rings is 2. The van der Waals surface area contributed by atoms with E-state index >= 15 is 0 Å². The second-order valence-electron chi connectivity index (χ2n) is 7.32. The van der Waals surface area contributed by atoms with Crippen molar-refractivity contribution in [2.45, 2.75) is 20.4 Å². The molecule has 0 fully saturated rings. The minimum Gasteiger partial charge on any atom is -0.506 e. The summed E-state index contributed by atoms with van der Waals surface area (Å²) in [5.74, 6) is -0.652. The molecule has 0 bridgehead atoms.